The second-order valence-electron chi connectivity index (χ2n) is 7.53. The molecule has 0 atom stereocenters. The molecule has 0 unspecified atom stereocenters. The van der Waals surface area contributed by atoms with Crippen LogP contribution in [-0.2, 0) is 11.3 Å². The highest BCUT2D eigenvalue weighted by Gasteiger charge is 2.21. The summed E-state index contributed by atoms with van der Waals surface area (Å²) >= 11 is 0. The maximum atomic E-state index is 12.5. The number of furan rings is 1. The lowest BCUT2D eigenvalue weighted by molar-refractivity contribution is -0.117. The number of amides is 1. The molecular formula is C22H26N4O3. The van der Waals surface area contributed by atoms with Crippen molar-refractivity contribution in [3.63, 3.8) is 0 Å². The van der Waals surface area contributed by atoms with Gasteiger partial charge in [0.25, 0.3) is 0 Å². The lowest BCUT2D eigenvalue weighted by Crippen LogP contribution is -2.48. The summed E-state index contributed by atoms with van der Waals surface area (Å²) < 4.78 is 10.7. The number of rotatable bonds is 6. The fourth-order valence-electron chi connectivity index (χ4n) is 3.65. The molecule has 7 nitrogen and oxygen atoms in total. The van der Waals surface area contributed by atoms with Gasteiger partial charge >= 0.3 is 0 Å². The number of hydrogen-bond acceptors (Lipinski definition) is 6. The van der Waals surface area contributed by atoms with Crippen LogP contribution in [0.1, 0.15) is 16.8 Å². The van der Waals surface area contributed by atoms with Crippen LogP contribution in [0.3, 0.4) is 0 Å². The first-order valence-electron chi connectivity index (χ1n) is 9.89. The number of hydrogen-bond donors (Lipinski definition) is 1. The predicted octanol–water partition coefficient (Wildman–Crippen LogP) is 3.31. The van der Waals surface area contributed by atoms with Crippen LogP contribution in [0, 0.1) is 13.8 Å². The van der Waals surface area contributed by atoms with E-state index in [9.17, 15) is 4.79 Å². The van der Waals surface area contributed by atoms with Gasteiger partial charge in [-0.1, -0.05) is 23.4 Å². The van der Waals surface area contributed by atoms with Crippen molar-refractivity contribution in [1.82, 2.24) is 15.0 Å². The number of para-hydroxylation sites is 1. The van der Waals surface area contributed by atoms with Gasteiger partial charge in [0.15, 0.2) is 5.76 Å². The molecule has 1 aromatic carbocycles. The summed E-state index contributed by atoms with van der Waals surface area (Å²) in [4.78, 5) is 17.0. The second kappa shape index (κ2) is 8.63. The van der Waals surface area contributed by atoms with Crippen molar-refractivity contribution in [2.75, 3.05) is 38.0 Å². The Morgan fingerprint density at radius 2 is 1.76 bits per heavy atom. The van der Waals surface area contributed by atoms with Crippen molar-refractivity contribution in [2.24, 2.45) is 0 Å². The number of aryl methyl sites for hydroxylation is 2. The van der Waals surface area contributed by atoms with E-state index in [-0.39, 0.29) is 5.91 Å². The molecule has 1 aliphatic heterocycles. The van der Waals surface area contributed by atoms with E-state index in [2.05, 4.69) is 20.3 Å². The fourth-order valence-corrected chi connectivity index (χ4v) is 3.65. The van der Waals surface area contributed by atoms with E-state index < -0.39 is 0 Å². The van der Waals surface area contributed by atoms with Crippen LogP contribution in [-0.4, -0.2) is 53.6 Å². The Kier molecular flexibility index (Phi) is 5.78. The molecular weight excluding hydrogens is 368 g/mol. The van der Waals surface area contributed by atoms with Gasteiger partial charge in [-0.2, -0.15) is 0 Å². The second-order valence-corrected chi connectivity index (χ2v) is 7.53. The monoisotopic (exact) mass is 394 g/mol. The molecule has 4 rings (SSSR count). The van der Waals surface area contributed by atoms with Crippen molar-refractivity contribution < 1.29 is 13.7 Å². The maximum Gasteiger partial charge on any atom is 0.238 e. The van der Waals surface area contributed by atoms with Gasteiger partial charge in [-0.15, -0.1) is 0 Å². The Labute approximate surface area is 170 Å². The van der Waals surface area contributed by atoms with Crippen molar-refractivity contribution in [3.8, 4) is 11.5 Å². The lowest BCUT2D eigenvalue weighted by Gasteiger charge is -2.33. The van der Waals surface area contributed by atoms with Crippen LogP contribution in [0.4, 0.5) is 5.69 Å². The van der Waals surface area contributed by atoms with Gasteiger partial charge in [0, 0.05) is 44.5 Å². The third-order valence-corrected chi connectivity index (χ3v) is 5.29. The highest BCUT2D eigenvalue weighted by Crippen LogP contribution is 2.22. The van der Waals surface area contributed by atoms with Gasteiger partial charge in [-0.25, -0.2) is 0 Å². The van der Waals surface area contributed by atoms with Crippen LogP contribution in [0.15, 0.2) is 51.6 Å². The Hall–Kier alpha value is -2.90. The summed E-state index contributed by atoms with van der Waals surface area (Å²) in [7, 11) is 0. The van der Waals surface area contributed by atoms with Gasteiger partial charge in [0.2, 0.25) is 11.7 Å². The van der Waals surface area contributed by atoms with Crippen LogP contribution >= 0.6 is 0 Å². The molecule has 29 heavy (non-hydrogen) atoms. The fraction of sp³-hybridized carbons (Fsp3) is 0.364. The van der Waals surface area contributed by atoms with E-state index in [1.54, 1.807) is 6.26 Å². The van der Waals surface area contributed by atoms with Gasteiger partial charge in [0.05, 0.1) is 18.5 Å². The molecule has 0 saturated carbocycles. The van der Waals surface area contributed by atoms with E-state index in [1.807, 2.05) is 50.2 Å². The number of nitrogens with one attached hydrogen (secondary N) is 1. The summed E-state index contributed by atoms with van der Waals surface area (Å²) in [5.41, 5.74) is 3.99. The van der Waals surface area contributed by atoms with Crippen molar-refractivity contribution in [3.05, 3.63) is 59.5 Å². The topological polar surface area (TPSA) is 74.8 Å². The Balaban J connectivity index is 1.25. The third kappa shape index (κ3) is 4.75. The molecule has 3 aromatic rings. The van der Waals surface area contributed by atoms with E-state index in [0.29, 0.717) is 18.1 Å². The average Bonchev–Trinajstić information content (AvgIpc) is 3.38. The van der Waals surface area contributed by atoms with Crippen LogP contribution in [0.2, 0.25) is 0 Å². The molecule has 0 bridgehead atoms. The molecule has 1 fully saturated rings. The summed E-state index contributed by atoms with van der Waals surface area (Å²) in [6.45, 7) is 8.65. The van der Waals surface area contributed by atoms with Crippen molar-refractivity contribution in [1.29, 1.82) is 0 Å². The zero-order valence-electron chi connectivity index (χ0n) is 16.9. The van der Waals surface area contributed by atoms with Crippen molar-refractivity contribution in [2.45, 2.75) is 20.4 Å². The van der Waals surface area contributed by atoms with E-state index in [4.69, 9.17) is 8.94 Å². The summed E-state index contributed by atoms with van der Waals surface area (Å²) in [6, 6.07) is 11.6. The Bertz CT molecular complexity index is 936. The molecule has 1 saturated heterocycles. The molecule has 1 N–H and O–H groups in total. The maximum absolute atomic E-state index is 12.5. The minimum atomic E-state index is 0.0374. The van der Waals surface area contributed by atoms with Gasteiger partial charge in [-0.3, -0.25) is 14.6 Å². The first kappa shape index (κ1) is 19.4. The first-order chi connectivity index (χ1) is 14.1. The molecule has 0 aliphatic carbocycles. The SMILES string of the molecule is Cc1cccc(C)c1NC(=O)CN1CCN(Cc2cc(-c3ccco3)on2)CC1. The summed E-state index contributed by atoms with van der Waals surface area (Å²) in [6.07, 6.45) is 1.62. The number of carbonyl (C=O) groups excluding carboxylic acids is 1. The van der Waals surface area contributed by atoms with Gasteiger partial charge < -0.3 is 14.3 Å². The van der Waals surface area contributed by atoms with Crippen molar-refractivity contribution >= 4 is 11.6 Å². The molecule has 2 aromatic heterocycles. The third-order valence-electron chi connectivity index (χ3n) is 5.29. The molecule has 1 aliphatic rings. The highest BCUT2D eigenvalue weighted by atomic mass is 16.5. The zero-order valence-corrected chi connectivity index (χ0v) is 16.9. The molecule has 0 spiro atoms. The number of piperazine rings is 1. The van der Waals surface area contributed by atoms with E-state index in [0.717, 1.165) is 55.2 Å². The Morgan fingerprint density at radius 1 is 1.03 bits per heavy atom. The highest BCUT2D eigenvalue weighted by molar-refractivity contribution is 5.93. The minimum absolute atomic E-state index is 0.0374. The number of anilines is 1. The smallest absolute Gasteiger partial charge is 0.238 e. The number of benzene rings is 1. The van der Waals surface area contributed by atoms with Crippen LogP contribution in [0.5, 0.6) is 0 Å². The normalized spacial score (nSPS) is 15.5. The van der Waals surface area contributed by atoms with Crippen LogP contribution in [0.25, 0.3) is 11.5 Å². The summed E-state index contributed by atoms with van der Waals surface area (Å²) in [5, 5.41) is 7.21. The van der Waals surface area contributed by atoms with Gasteiger partial charge in [-0.05, 0) is 37.1 Å². The number of aromatic nitrogens is 1. The number of carbonyl (C=O) groups is 1. The standard InChI is InChI=1S/C22H26N4O3/c1-16-5-3-6-17(2)22(16)23-21(27)15-26-10-8-25(9-11-26)14-18-13-20(29-24-18)19-7-4-12-28-19/h3-7,12-13H,8-11,14-15H2,1-2H3,(H,23,27). The summed E-state index contributed by atoms with van der Waals surface area (Å²) in [5.74, 6) is 1.37. The quantitative estimate of drug-likeness (QED) is 0.691. The van der Waals surface area contributed by atoms with E-state index >= 15 is 0 Å². The average molecular weight is 394 g/mol. The van der Waals surface area contributed by atoms with E-state index in [1.165, 1.54) is 0 Å². The molecule has 7 heteroatoms. The number of nitrogens with zero attached hydrogens (tertiary/aromatic N) is 3. The Morgan fingerprint density at radius 3 is 2.45 bits per heavy atom. The van der Waals surface area contributed by atoms with Crippen LogP contribution < -0.4 is 5.32 Å². The molecule has 1 amide bonds. The molecule has 0 radical (unpaired) electrons. The predicted molar refractivity (Wildman–Crippen MR) is 110 cm³/mol. The lowest BCUT2D eigenvalue weighted by atomic mass is 10.1. The molecule has 3 heterocycles. The molecule has 152 valence electrons. The largest absolute Gasteiger partial charge is 0.461 e. The van der Waals surface area contributed by atoms with Gasteiger partial charge in [0.1, 0.15) is 0 Å². The first-order valence-corrected chi connectivity index (χ1v) is 9.89. The zero-order chi connectivity index (χ0) is 20.2. The minimum Gasteiger partial charge on any atom is -0.461 e.